The van der Waals surface area contributed by atoms with Gasteiger partial charge < -0.3 is 9.47 Å². The summed E-state index contributed by atoms with van der Waals surface area (Å²) in [6.45, 7) is 4.57. The van der Waals surface area contributed by atoms with Gasteiger partial charge in [0.25, 0.3) is 5.92 Å². The van der Waals surface area contributed by atoms with Crippen LogP contribution in [0.2, 0.25) is 0 Å². The number of hydrogen-bond acceptors (Lipinski definition) is 7. The lowest BCUT2D eigenvalue weighted by molar-refractivity contribution is -0.161. The minimum atomic E-state index is -3.19. The second kappa shape index (κ2) is 10.4. The van der Waals surface area contributed by atoms with Crippen LogP contribution in [-0.4, -0.2) is 47.6 Å². The monoisotopic (exact) mass is 509 g/mol. The third kappa shape index (κ3) is 4.98. The first kappa shape index (κ1) is 26.4. The van der Waals surface area contributed by atoms with Gasteiger partial charge in [-0.15, -0.1) is 0 Å². The summed E-state index contributed by atoms with van der Waals surface area (Å²) < 4.78 is 41.0. The first-order valence-electron chi connectivity index (χ1n) is 12.3. The Balaban J connectivity index is 1.63. The highest BCUT2D eigenvalue weighted by atomic mass is 19.3. The molecule has 1 aromatic carbocycles. The minimum absolute atomic E-state index is 0.143. The lowest BCUT2D eigenvalue weighted by Crippen LogP contribution is -2.65. The molecule has 0 spiro atoms. The van der Waals surface area contributed by atoms with Gasteiger partial charge in [-0.05, 0) is 38.0 Å². The molecular weight excluding hydrogens is 480 g/mol. The van der Waals surface area contributed by atoms with E-state index in [1.807, 2.05) is 18.2 Å². The molecule has 4 rings (SSSR count). The molecule has 1 aliphatic carbocycles. The molecule has 1 aromatic heterocycles. The van der Waals surface area contributed by atoms with Crippen LogP contribution in [0.25, 0.3) is 17.2 Å². The second-order valence-electron chi connectivity index (χ2n) is 9.56. The van der Waals surface area contributed by atoms with Gasteiger partial charge in [0.15, 0.2) is 0 Å². The van der Waals surface area contributed by atoms with Crippen LogP contribution in [0.15, 0.2) is 48.7 Å². The molecule has 2 fully saturated rings. The number of pyridine rings is 1. The average Bonchev–Trinajstić information content (AvgIpc) is 3.12. The van der Waals surface area contributed by atoms with Crippen molar-refractivity contribution in [2.24, 2.45) is 17.8 Å². The molecule has 2 aliphatic rings. The molecule has 1 aliphatic heterocycles. The number of ether oxygens (including phenoxy) is 2. The van der Waals surface area contributed by atoms with E-state index in [4.69, 9.17) is 9.47 Å². The van der Waals surface area contributed by atoms with Crippen molar-refractivity contribution in [2.45, 2.75) is 44.8 Å². The number of nitriles is 1. The molecule has 1 saturated carbocycles. The smallest absolute Gasteiger partial charge is 0.327 e. The summed E-state index contributed by atoms with van der Waals surface area (Å²) in [5, 5.41) is 12.2. The molecule has 0 amide bonds. The summed E-state index contributed by atoms with van der Waals surface area (Å²) in [5.41, 5.74) is 0.869. The lowest BCUT2D eigenvalue weighted by Gasteiger charge is -2.48. The Morgan fingerprint density at radius 1 is 1.30 bits per heavy atom. The number of fused-ring (bicyclic) bond motifs is 1. The van der Waals surface area contributed by atoms with Crippen LogP contribution >= 0.6 is 0 Å². The SMILES string of the molecule is CCOC(=O)CN[C@@]12CC(F)(F)[C@@H](C)[C@H](C=Cc3ccc(-c4ccccc4C#N)cn3)[C@@H]1[C@@H](C)OC2=O. The summed E-state index contributed by atoms with van der Waals surface area (Å²) >= 11 is 0. The Morgan fingerprint density at radius 2 is 2.05 bits per heavy atom. The largest absolute Gasteiger partial charge is 0.465 e. The number of nitrogens with one attached hydrogen (secondary N) is 1. The van der Waals surface area contributed by atoms with Crippen molar-refractivity contribution in [1.82, 2.24) is 10.3 Å². The van der Waals surface area contributed by atoms with Crippen LogP contribution in [0, 0.1) is 29.1 Å². The van der Waals surface area contributed by atoms with Gasteiger partial charge in [-0.2, -0.15) is 5.26 Å². The summed E-state index contributed by atoms with van der Waals surface area (Å²) in [4.78, 5) is 29.3. The van der Waals surface area contributed by atoms with Gasteiger partial charge in [-0.1, -0.05) is 37.3 Å². The van der Waals surface area contributed by atoms with E-state index in [9.17, 15) is 14.9 Å². The van der Waals surface area contributed by atoms with E-state index in [0.29, 0.717) is 11.3 Å². The molecule has 1 N–H and O–H groups in total. The molecule has 0 radical (unpaired) electrons. The molecule has 7 nitrogen and oxygen atoms in total. The van der Waals surface area contributed by atoms with E-state index in [0.717, 1.165) is 11.1 Å². The van der Waals surface area contributed by atoms with E-state index >= 15 is 8.78 Å². The number of hydrogen-bond donors (Lipinski definition) is 1. The van der Waals surface area contributed by atoms with Gasteiger partial charge in [-0.25, -0.2) is 8.78 Å². The first-order chi connectivity index (χ1) is 17.6. The number of alkyl halides is 2. The molecule has 2 aromatic rings. The standard InChI is InChI=1S/C28H29F2N3O4/c1-4-36-24(34)15-33-27-16-28(29,30)17(2)22(25(27)18(3)37-26(27)35)12-11-21-10-9-20(14-32-21)23-8-6-5-7-19(23)13-31/h5-12,14,17-18,22,25,33H,4,15-16H2,1-3H3/t17-,18+,22-,25-,27-/m0/s1. The van der Waals surface area contributed by atoms with E-state index in [1.54, 1.807) is 50.4 Å². The normalized spacial score (nSPS) is 28.4. The van der Waals surface area contributed by atoms with Crippen LogP contribution < -0.4 is 5.32 Å². The predicted octanol–water partition coefficient (Wildman–Crippen LogP) is 4.38. The van der Waals surface area contributed by atoms with Crippen LogP contribution in [0.4, 0.5) is 8.78 Å². The summed E-state index contributed by atoms with van der Waals surface area (Å²) in [5.74, 6) is -7.03. The quantitative estimate of drug-likeness (QED) is 0.553. The Bertz CT molecular complexity index is 1240. The zero-order valence-electron chi connectivity index (χ0n) is 20.9. The van der Waals surface area contributed by atoms with Crippen molar-refractivity contribution >= 4 is 18.0 Å². The predicted molar refractivity (Wildman–Crippen MR) is 132 cm³/mol. The van der Waals surface area contributed by atoms with Crippen molar-refractivity contribution in [3.8, 4) is 17.2 Å². The van der Waals surface area contributed by atoms with Crippen molar-refractivity contribution in [3.63, 3.8) is 0 Å². The van der Waals surface area contributed by atoms with E-state index < -0.39 is 53.7 Å². The molecule has 5 atom stereocenters. The second-order valence-corrected chi connectivity index (χ2v) is 9.56. The highest BCUT2D eigenvalue weighted by Gasteiger charge is 2.68. The number of benzene rings is 1. The number of halogens is 2. The molecule has 2 heterocycles. The van der Waals surface area contributed by atoms with Crippen LogP contribution in [0.5, 0.6) is 0 Å². The van der Waals surface area contributed by atoms with Crippen LogP contribution in [0.3, 0.4) is 0 Å². The number of carbonyl (C=O) groups is 2. The Kier molecular flexibility index (Phi) is 7.42. The lowest BCUT2D eigenvalue weighted by atomic mass is 9.60. The molecule has 9 heteroatoms. The number of carbonyl (C=O) groups excluding carboxylic acids is 2. The van der Waals surface area contributed by atoms with Crippen LogP contribution in [-0.2, 0) is 19.1 Å². The molecule has 194 valence electrons. The summed E-state index contributed by atoms with van der Waals surface area (Å²) in [6.07, 6.45) is 3.56. The summed E-state index contributed by atoms with van der Waals surface area (Å²) in [6, 6.07) is 12.9. The Labute approximate surface area is 214 Å². The van der Waals surface area contributed by atoms with E-state index in [-0.39, 0.29) is 13.2 Å². The maximum absolute atomic E-state index is 15.3. The van der Waals surface area contributed by atoms with Gasteiger partial charge in [0, 0.05) is 35.6 Å². The number of esters is 2. The van der Waals surface area contributed by atoms with Crippen molar-refractivity contribution < 1.29 is 27.8 Å². The maximum Gasteiger partial charge on any atom is 0.327 e. The third-order valence-electron chi connectivity index (χ3n) is 7.39. The van der Waals surface area contributed by atoms with E-state index in [1.165, 1.54) is 6.92 Å². The summed E-state index contributed by atoms with van der Waals surface area (Å²) in [7, 11) is 0. The van der Waals surface area contributed by atoms with Crippen molar-refractivity contribution in [2.75, 3.05) is 13.2 Å². The zero-order valence-corrected chi connectivity index (χ0v) is 20.9. The fraction of sp³-hybridized carbons (Fsp3) is 0.429. The fourth-order valence-electron chi connectivity index (χ4n) is 5.53. The molecular formula is C28H29F2N3O4. The number of cyclic esters (lactones) is 1. The molecule has 0 unspecified atom stereocenters. The topological polar surface area (TPSA) is 101 Å². The minimum Gasteiger partial charge on any atom is -0.465 e. The number of allylic oxidation sites excluding steroid dienone is 1. The van der Waals surface area contributed by atoms with Gasteiger partial charge in [0.2, 0.25) is 0 Å². The maximum atomic E-state index is 15.3. The van der Waals surface area contributed by atoms with E-state index in [2.05, 4.69) is 16.4 Å². The zero-order chi connectivity index (χ0) is 26.8. The first-order valence-corrected chi connectivity index (χ1v) is 12.3. The van der Waals surface area contributed by atoms with Gasteiger partial charge in [-0.3, -0.25) is 19.9 Å². The molecule has 37 heavy (non-hydrogen) atoms. The highest BCUT2D eigenvalue weighted by Crippen LogP contribution is 2.54. The van der Waals surface area contributed by atoms with Gasteiger partial charge in [0.1, 0.15) is 11.6 Å². The third-order valence-corrected chi connectivity index (χ3v) is 7.39. The highest BCUT2D eigenvalue weighted by molar-refractivity contribution is 5.85. The number of nitrogens with zero attached hydrogens (tertiary/aromatic N) is 2. The number of rotatable bonds is 7. The molecule has 0 bridgehead atoms. The van der Waals surface area contributed by atoms with Crippen molar-refractivity contribution in [3.05, 3.63) is 59.9 Å². The Morgan fingerprint density at radius 3 is 2.73 bits per heavy atom. The Hall–Kier alpha value is -3.64. The van der Waals surface area contributed by atoms with Crippen molar-refractivity contribution in [1.29, 1.82) is 5.26 Å². The fourth-order valence-corrected chi connectivity index (χ4v) is 5.53. The number of aromatic nitrogens is 1. The average molecular weight is 510 g/mol. The van der Waals surface area contributed by atoms with Gasteiger partial charge in [0.05, 0.1) is 30.5 Å². The van der Waals surface area contributed by atoms with Gasteiger partial charge >= 0.3 is 11.9 Å². The van der Waals surface area contributed by atoms with Crippen LogP contribution in [0.1, 0.15) is 38.4 Å². The molecule has 1 saturated heterocycles.